The molecule has 31 heavy (non-hydrogen) atoms. The summed E-state index contributed by atoms with van der Waals surface area (Å²) in [6.07, 6.45) is -0.928. The Labute approximate surface area is 190 Å². The van der Waals surface area contributed by atoms with Crippen molar-refractivity contribution in [2.24, 2.45) is 0 Å². The molecule has 1 unspecified atom stereocenters. The highest BCUT2D eigenvalue weighted by Crippen LogP contribution is 2.40. The number of rotatable bonds is 9. The van der Waals surface area contributed by atoms with E-state index in [0.717, 1.165) is 27.2 Å². The minimum absolute atomic E-state index is 0.500. The lowest BCUT2D eigenvalue weighted by atomic mass is 9.98. The first-order valence-corrected chi connectivity index (χ1v) is 10.4. The van der Waals surface area contributed by atoms with Gasteiger partial charge in [-0.3, -0.25) is 0 Å². The highest BCUT2D eigenvalue weighted by atomic mass is 79.9. The fraction of sp³-hybridized carbons (Fsp3) is 0.250. The van der Waals surface area contributed by atoms with E-state index < -0.39 is 6.10 Å². The van der Waals surface area contributed by atoms with Gasteiger partial charge in [-0.05, 0) is 36.4 Å². The third-order valence-corrected chi connectivity index (χ3v) is 5.49. The van der Waals surface area contributed by atoms with Crippen molar-refractivity contribution in [3.05, 3.63) is 75.8 Å². The van der Waals surface area contributed by atoms with E-state index in [2.05, 4.69) is 21.2 Å². The number of hydrogen-bond donors (Lipinski definition) is 2. The topological polar surface area (TPSA) is 69.2 Å². The van der Waals surface area contributed by atoms with Crippen molar-refractivity contribution >= 4 is 21.6 Å². The van der Waals surface area contributed by atoms with E-state index >= 15 is 0 Å². The van der Waals surface area contributed by atoms with Crippen LogP contribution in [0, 0.1) is 0 Å². The average molecular weight is 488 g/mol. The zero-order chi connectivity index (χ0) is 22.4. The van der Waals surface area contributed by atoms with Crippen molar-refractivity contribution in [1.82, 2.24) is 0 Å². The minimum Gasteiger partial charge on any atom is -0.497 e. The Morgan fingerprint density at radius 3 is 2.29 bits per heavy atom. The van der Waals surface area contributed by atoms with Gasteiger partial charge in [-0.2, -0.15) is 0 Å². The maximum atomic E-state index is 11.3. The highest BCUT2D eigenvalue weighted by molar-refractivity contribution is 9.10. The molecule has 3 rings (SSSR count). The largest absolute Gasteiger partial charge is 0.497 e. The third kappa shape index (κ3) is 5.06. The predicted molar refractivity (Wildman–Crippen MR) is 125 cm³/mol. The molecule has 0 saturated carbocycles. The molecule has 3 aromatic carbocycles. The van der Waals surface area contributed by atoms with Crippen LogP contribution in [-0.2, 0) is 6.54 Å². The molecule has 3 aromatic rings. The van der Waals surface area contributed by atoms with Gasteiger partial charge in [0, 0.05) is 39.5 Å². The summed E-state index contributed by atoms with van der Waals surface area (Å²) < 4.78 is 22.5. The predicted octanol–water partition coefficient (Wildman–Crippen LogP) is 5.18. The Kier molecular flexibility index (Phi) is 7.65. The maximum absolute atomic E-state index is 11.3. The lowest BCUT2D eigenvalue weighted by Crippen LogP contribution is -2.09. The lowest BCUT2D eigenvalue weighted by Gasteiger charge is -2.21. The minimum atomic E-state index is -0.928. The molecule has 0 bridgehead atoms. The van der Waals surface area contributed by atoms with Crippen LogP contribution >= 0.6 is 15.9 Å². The monoisotopic (exact) mass is 487 g/mol. The molecule has 0 amide bonds. The van der Waals surface area contributed by atoms with Crippen LogP contribution in [0.25, 0.3) is 0 Å². The van der Waals surface area contributed by atoms with Crippen molar-refractivity contribution in [3.8, 4) is 23.0 Å². The van der Waals surface area contributed by atoms with Crippen molar-refractivity contribution in [3.63, 3.8) is 0 Å². The van der Waals surface area contributed by atoms with Gasteiger partial charge in [0.05, 0.1) is 28.4 Å². The van der Waals surface area contributed by atoms with Crippen LogP contribution in [0.4, 0.5) is 5.69 Å². The van der Waals surface area contributed by atoms with Crippen molar-refractivity contribution in [2.75, 3.05) is 33.8 Å². The van der Waals surface area contributed by atoms with Gasteiger partial charge in [0.25, 0.3) is 0 Å². The Bertz CT molecular complexity index is 1040. The Hall–Kier alpha value is -2.90. The zero-order valence-electron chi connectivity index (χ0n) is 17.9. The summed E-state index contributed by atoms with van der Waals surface area (Å²) in [6, 6.07) is 16.9. The van der Waals surface area contributed by atoms with E-state index in [4.69, 9.17) is 18.9 Å². The molecule has 0 fully saturated rings. The molecule has 0 aliphatic rings. The first-order chi connectivity index (χ1) is 15.0. The number of aliphatic hydroxyl groups is 1. The summed E-state index contributed by atoms with van der Waals surface area (Å²) in [5.41, 5.74) is 3.07. The number of hydrogen-bond acceptors (Lipinski definition) is 6. The smallest absolute Gasteiger partial charge is 0.166 e. The van der Waals surface area contributed by atoms with Crippen LogP contribution < -0.4 is 24.3 Å². The number of methoxy groups -OCH3 is 4. The second kappa shape index (κ2) is 10.4. The molecule has 2 N–H and O–H groups in total. The highest BCUT2D eigenvalue weighted by Gasteiger charge is 2.21. The number of benzene rings is 3. The first kappa shape index (κ1) is 22.8. The first-order valence-electron chi connectivity index (χ1n) is 9.65. The van der Waals surface area contributed by atoms with E-state index in [0.29, 0.717) is 29.2 Å². The molecular weight excluding hydrogens is 462 g/mol. The third-order valence-electron chi connectivity index (χ3n) is 5.00. The summed E-state index contributed by atoms with van der Waals surface area (Å²) >= 11 is 3.51. The Balaban J connectivity index is 1.93. The number of nitrogens with one attached hydrogen (secondary N) is 1. The second-order valence-electron chi connectivity index (χ2n) is 6.75. The number of halogens is 1. The Morgan fingerprint density at radius 1 is 0.839 bits per heavy atom. The van der Waals surface area contributed by atoms with E-state index in [1.54, 1.807) is 34.5 Å². The lowest BCUT2D eigenvalue weighted by molar-refractivity contribution is 0.213. The van der Waals surface area contributed by atoms with Crippen LogP contribution in [0.15, 0.2) is 59.1 Å². The summed E-state index contributed by atoms with van der Waals surface area (Å²) in [6.45, 7) is 0.504. The van der Waals surface area contributed by atoms with Crippen LogP contribution in [0.5, 0.6) is 23.0 Å². The summed E-state index contributed by atoms with van der Waals surface area (Å²) in [7, 11) is 6.38. The van der Waals surface area contributed by atoms with Gasteiger partial charge in [-0.15, -0.1) is 0 Å². The van der Waals surface area contributed by atoms with Crippen LogP contribution in [0.2, 0.25) is 0 Å². The Morgan fingerprint density at radius 2 is 1.61 bits per heavy atom. The molecule has 0 aliphatic carbocycles. The summed E-state index contributed by atoms with van der Waals surface area (Å²) in [4.78, 5) is 0. The molecule has 0 heterocycles. The van der Waals surface area contributed by atoms with E-state index in [-0.39, 0.29) is 0 Å². The quantitative estimate of drug-likeness (QED) is 0.433. The standard InChI is InChI=1S/C24H26BrNO5/c1-28-17-10-8-15(22(13-17)30-3)14-26-20-11-9-16(25)12-19(20)23(27)18-6-5-7-21(29-2)24(18)31-4/h5-13,23,26-27H,14H2,1-4H3. The van der Waals surface area contributed by atoms with Gasteiger partial charge >= 0.3 is 0 Å². The van der Waals surface area contributed by atoms with E-state index in [9.17, 15) is 5.11 Å². The van der Waals surface area contributed by atoms with Crippen molar-refractivity contribution in [2.45, 2.75) is 12.6 Å². The molecule has 7 heteroatoms. The molecular formula is C24H26BrNO5. The molecule has 164 valence electrons. The zero-order valence-corrected chi connectivity index (χ0v) is 19.5. The normalized spacial score (nSPS) is 11.5. The van der Waals surface area contributed by atoms with Gasteiger partial charge in [-0.1, -0.05) is 28.1 Å². The van der Waals surface area contributed by atoms with Gasteiger partial charge in [0.15, 0.2) is 11.5 Å². The fourth-order valence-electron chi connectivity index (χ4n) is 3.40. The van der Waals surface area contributed by atoms with Crippen LogP contribution in [-0.4, -0.2) is 33.5 Å². The second-order valence-corrected chi connectivity index (χ2v) is 7.66. The molecule has 6 nitrogen and oxygen atoms in total. The van der Waals surface area contributed by atoms with Gasteiger partial charge < -0.3 is 29.4 Å². The maximum Gasteiger partial charge on any atom is 0.166 e. The number of para-hydroxylation sites is 1. The fourth-order valence-corrected chi connectivity index (χ4v) is 3.78. The van der Waals surface area contributed by atoms with Crippen molar-refractivity contribution < 1.29 is 24.1 Å². The van der Waals surface area contributed by atoms with E-state index in [1.807, 2.05) is 48.5 Å². The molecule has 0 aromatic heterocycles. The number of aliphatic hydroxyl groups excluding tert-OH is 1. The van der Waals surface area contributed by atoms with E-state index in [1.165, 1.54) is 0 Å². The van der Waals surface area contributed by atoms with Crippen LogP contribution in [0.1, 0.15) is 22.8 Å². The van der Waals surface area contributed by atoms with Gasteiger partial charge in [0.2, 0.25) is 0 Å². The molecule has 0 spiro atoms. The number of ether oxygens (including phenoxy) is 4. The average Bonchev–Trinajstić information content (AvgIpc) is 2.81. The summed E-state index contributed by atoms with van der Waals surface area (Å²) in [5, 5.41) is 14.7. The summed E-state index contributed by atoms with van der Waals surface area (Å²) in [5.74, 6) is 2.51. The molecule has 1 atom stereocenters. The molecule has 0 radical (unpaired) electrons. The molecule has 0 aliphatic heterocycles. The SMILES string of the molecule is COc1ccc(CNc2ccc(Br)cc2C(O)c2cccc(OC)c2OC)c(OC)c1. The van der Waals surface area contributed by atoms with Crippen LogP contribution in [0.3, 0.4) is 0 Å². The van der Waals surface area contributed by atoms with Gasteiger partial charge in [-0.25, -0.2) is 0 Å². The van der Waals surface area contributed by atoms with Gasteiger partial charge in [0.1, 0.15) is 17.6 Å². The van der Waals surface area contributed by atoms with Crippen molar-refractivity contribution in [1.29, 1.82) is 0 Å². The number of anilines is 1. The molecule has 0 saturated heterocycles.